The normalized spacial score (nSPS) is 13.1. The third-order valence-electron chi connectivity index (χ3n) is 5.82. The molecule has 7 nitrogen and oxygen atoms in total. The largest absolute Gasteiger partial charge is 0.352 e. The molecule has 2 amide bonds. The summed E-state index contributed by atoms with van der Waals surface area (Å²) in [6.07, 6.45) is 1.85. The van der Waals surface area contributed by atoms with Crippen LogP contribution in [-0.2, 0) is 26.2 Å². The van der Waals surface area contributed by atoms with Gasteiger partial charge in [-0.1, -0.05) is 42.8 Å². The predicted octanol–water partition coefficient (Wildman–Crippen LogP) is 3.71. The van der Waals surface area contributed by atoms with E-state index in [9.17, 15) is 18.0 Å². The van der Waals surface area contributed by atoms with Crippen molar-refractivity contribution in [2.75, 3.05) is 17.1 Å². The Kier molecular flexibility index (Phi) is 9.27. The molecule has 1 N–H and O–H groups in total. The maximum atomic E-state index is 13.6. The van der Waals surface area contributed by atoms with E-state index in [4.69, 9.17) is 0 Å². The van der Waals surface area contributed by atoms with Gasteiger partial charge in [0, 0.05) is 12.6 Å². The van der Waals surface area contributed by atoms with E-state index in [1.54, 1.807) is 19.1 Å². The number of anilines is 1. The van der Waals surface area contributed by atoms with E-state index >= 15 is 0 Å². The van der Waals surface area contributed by atoms with Crippen LogP contribution in [0.5, 0.6) is 0 Å². The van der Waals surface area contributed by atoms with Gasteiger partial charge in [-0.3, -0.25) is 13.9 Å². The molecule has 0 unspecified atom stereocenters. The summed E-state index contributed by atoms with van der Waals surface area (Å²) in [5, 5.41) is 2.93. The van der Waals surface area contributed by atoms with Crippen LogP contribution in [0.1, 0.15) is 49.4 Å². The number of aryl methyl sites for hydroxylation is 3. The van der Waals surface area contributed by atoms with E-state index in [1.165, 1.54) is 4.90 Å². The van der Waals surface area contributed by atoms with Crippen LogP contribution in [0, 0.1) is 20.8 Å². The summed E-state index contributed by atoms with van der Waals surface area (Å²) >= 11 is 0. The molecule has 2 aromatic rings. The molecule has 0 saturated carbocycles. The van der Waals surface area contributed by atoms with Gasteiger partial charge in [-0.05, 0) is 69.9 Å². The summed E-state index contributed by atoms with van der Waals surface area (Å²) in [4.78, 5) is 27.9. The molecule has 0 fully saturated rings. The fraction of sp³-hybridized carbons (Fsp3) is 0.462. The minimum absolute atomic E-state index is 0.0333. The van der Waals surface area contributed by atoms with Gasteiger partial charge in [-0.25, -0.2) is 8.42 Å². The SMILES string of the molecule is CC[C@@H](C)NC(=O)[C@H](C)N(Cc1ccc(C)cc1)C(=O)CN(c1cc(C)cc(C)c1)S(C)(=O)=O. The Hall–Kier alpha value is -2.87. The number of sulfonamides is 1. The molecular formula is C26H37N3O4S. The van der Waals surface area contributed by atoms with Gasteiger partial charge >= 0.3 is 0 Å². The topological polar surface area (TPSA) is 86.8 Å². The monoisotopic (exact) mass is 487 g/mol. The van der Waals surface area contributed by atoms with Gasteiger partial charge < -0.3 is 10.2 Å². The van der Waals surface area contributed by atoms with Crippen LogP contribution in [0.15, 0.2) is 42.5 Å². The molecule has 0 bridgehead atoms. The molecule has 2 atom stereocenters. The molecule has 0 spiro atoms. The van der Waals surface area contributed by atoms with E-state index in [0.717, 1.165) is 39.2 Å². The fourth-order valence-corrected chi connectivity index (χ4v) is 4.48. The lowest BCUT2D eigenvalue weighted by Gasteiger charge is -2.32. The van der Waals surface area contributed by atoms with Crippen LogP contribution >= 0.6 is 0 Å². The molecule has 2 rings (SSSR count). The first-order chi connectivity index (χ1) is 15.8. The van der Waals surface area contributed by atoms with Crippen molar-refractivity contribution in [3.8, 4) is 0 Å². The molecule has 0 heterocycles. The highest BCUT2D eigenvalue weighted by Gasteiger charge is 2.30. The van der Waals surface area contributed by atoms with Gasteiger partial charge in [0.15, 0.2) is 0 Å². The van der Waals surface area contributed by atoms with Crippen molar-refractivity contribution < 1.29 is 18.0 Å². The zero-order chi connectivity index (χ0) is 25.6. The molecule has 0 aliphatic rings. The molecule has 0 radical (unpaired) electrons. The highest BCUT2D eigenvalue weighted by molar-refractivity contribution is 7.92. The summed E-state index contributed by atoms with van der Waals surface area (Å²) in [5.74, 6) is -0.718. The fourth-order valence-electron chi connectivity index (χ4n) is 3.65. The number of benzene rings is 2. The minimum atomic E-state index is -3.74. The van der Waals surface area contributed by atoms with E-state index in [2.05, 4.69) is 5.32 Å². The summed E-state index contributed by atoms with van der Waals surface area (Å²) in [5.41, 5.74) is 4.17. The Bertz CT molecular complexity index is 1090. The van der Waals surface area contributed by atoms with Crippen LogP contribution in [0.3, 0.4) is 0 Å². The van der Waals surface area contributed by atoms with E-state index in [-0.39, 0.29) is 18.5 Å². The van der Waals surface area contributed by atoms with Crippen molar-refractivity contribution in [1.29, 1.82) is 0 Å². The van der Waals surface area contributed by atoms with Crippen molar-refractivity contribution in [3.05, 3.63) is 64.7 Å². The first-order valence-corrected chi connectivity index (χ1v) is 13.4. The van der Waals surface area contributed by atoms with Crippen LogP contribution in [0.4, 0.5) is 5.69 Å². The zero-order valence-electron chi connectivity index (χ0n) is 21.3. The summed E-state index contributed by atoms with van der Waals surface area (Å²) in [7, 11) is -3.74. The third-order valence-corrected chi connectivity index (χ3v) is 6.96. The number of hydrogen-bond acceptors (Lipinski definition) is 4. The molecule has 8 heteroatoms. The van der Waals surface area contributed by atoms with Crippen LogP contribution in [0.2, 0.25) is 0 Å². The van der Waals surface area contributed by atoms with Crippen LogP contribution in [0.25, 0.3) is 0 Å². The van der Waals surface area contributed by atoms with E-state index in [1.807, 2.05) is 65.0 Å². The molecule has 0 aromatic heterocycles. The molecule has 0 aliphatic carbocycles. The number of amides is 2. The van der Waals surface area contributed by atoms with Crippen LogP contribution < -0.4 is 9.62 Å². The van der Waals surface area contributed by atoms with Crippen molar-refractivity contribution in [3.63, 3.8) is 0 Å². The van der Waals surface area contributed by atoms with Gasteiger partial charge in [0.25, 0.3) is 0 Å². The highest BCUT2D eigenvalue weighted by atomic mass is 32.2. The molecule has 2 aromatic carbocycles. The minimum Gasteiger partial charge on any atom is -0.352 e. The number of carbonyl (C=O) groups is 2. The smallest absolute Gasteiger partial charge is 0.244 e. The summed E-state index contributed by atoms with van der Waals surface area (Å²) in [6, 6.07) is 12.3. The number of nitrogens with zero attached hydrogens (tertiary/aromatic N) is 2. The molecule has 186 valence electrons. The summed E-state index contributed by atoms with van der Waals surface area (Å²) in [6.45, 7) is 11.1. The summed E-state index contributed by atoms with van der Waals surface area (Å²) < 4.78 is 26.5. The lowest BCUT2D eigenvalue weighted by molar-refractivity contribution is -0.139. The lowest BCUT2D eigenvalue weighted by Crippen LogP contribution is -2.52. The van der Waals surface area contributed by atoms with Gasteiger partial charge in [-0.15, -0.1) is 0 Å². The lowest BCUT2D eigenvalue weighted by atomic mass is 10.1. The number of hydrogen-bond donors (Lipinski definition) is 1. The number of rotatable bonds is 10. The van der Waals surface area contributed by atoms with Gasteiger partial charge in [0.05, 0.1) is 11.9 Å². The van der Waals surface area contributed by atoms with Gasteiger partial charge in [0.2, 0.25) is 21.8 Å². The number of carbonyl (C=O) groups excluding carboxylic acids is 2. The maximum absolute atomic E-state index is 13.6. The average Bonchev–Trinajstić information content (AvgIpc) is 2.74. The Morgan fingerprint density at radius 1 is 0.941 bits per heavy atom. The molecule has 34 heavy (non-hydrogen) atoms. The first-order valence-electron chi connectivity index (χ1n) is 11.5. The van der Waals surface area contributed by atoms with Crippen molar-refractivity contribution >= 4 is 27.5 Å². The quantitative estimate of drug-likeness (QED) is 0.554. The number of nitrogens with one attached hydrogen (secondary N) is 1. The Morgan fingerprint density at radius 3 is 2.00 bits per heavy atom. The van der Waals surface area contributed by atoms with Crippen molar-refractivity contribution in [2.24, 2.45) is 0 Å². The molecule has 0 saturated heterocycles. The standard InChI is InChI=1S/C26H37N3O4S/c1-8-21(5)27-26(31)22(6)28(16-23-11-9-18(2)10-12-23)25(30)17-29(34(7,32)33)24-14-19(3)13-20(4)15-24/h9-15,21-22H,8,16-17H2,1-7H3,(H,27,31)/t21-,22+/m1/s1. The second kappa shape index (κ2) is 11.5. The third kappa shape index (κ3) is 7.58. The predicted molar refractivity (Wildman–Crippen MR) is 137 cm³/mol. The molecular weight excluding hydrogens is 450 g/mol. The van der Waals surface area contributed by atoms with E-state index in [0.29, 0.717) is 5.69 Å². The van der Waals surface area contributed by atoms with E-state index < -0.39 is 28.5 Å². The highest BCUT2D eigenvalue weighted by Crippen LogP contribution is 2.22. The first kappa shape index (κ1) is 27.4. The average molecular weight is 488 g/mol. The Labute approximate surface area is 204 Å². The second-order valence-electron chi connectivity index (χ2n) is 9.12. The molecule has 0 aliphatic heterocycles. The van der Waals surface area contributed by atoms with Crippen molar-refractivity contribution in [1.82, 2.24) is 10.2 Å². The maximum Gasteiger partial charge on any atom is 0.244 e. The van der Waals surface area contributed by atoms with Gasteiger partial charge in [0.1, 0.15) is 12.6 Å². The Morgan fingerprint density at radius 2 is 1.50 bits per heavy atom. The van der Waals surface area contributed by atoms with Gasteiger partial charge in [-0.2, -0.15) is 0 Å². The van der Waals surface area contributed by atoms with Crippen LogP contribution in [-0.4, -0.2) is 50.0 Å². The second-order valence-corrected chi connectivity index (χ2v) is 11.0. The van der Waals surface area contributed by atoms with Crippen molar-refractivity contribution in [2.45, 2.75) is 66.6 Å². The Balaban J connectivity index is 2.41. The zero-order valence-corrected chi connectivity index (χ0v) is 22.1.